The fourth-order valence-corrected chi connectivity index (χ4v) is 1.77. The zero-order valence-corrected chi connectivity index (χ0v) is 10.4. The molecular weight excluding hydrogens is 287 g/mol. The summed E-state index contributed by atoms with van der Waals surface area (Å²) in [5.41, 5.74) is 6.17. The number of aromatic nitrogens is 2. The van der Waals surface area contributed by atoms with E-state index in [1.54, 1.807) is 29.2 Å². The molecule has 0 saturated carbocycles. The molecule has 1 heterocycles. The molecule has 6 heteroatoms. The minimum absolute atomic E-state index is 0.141. The Labute approximate surface area is 106 Å². The average molecular weight is 297 g/mol. The van der Waals surface area contributed by atoms with E-state index < -0.39 is 0 Å². The Kier molecular flexibility index (Phi) is 3.23. The van der Waals surface area contributed by atoms with E-state index in [4.69, 9.17) is 11.1 Å². The lowest BCUT2D eigenvalue weighted by Crippen LogP contribution is -2.12. The second-order valence-corrected chi connectivity index (χ2v) is 4.49. The standard InChI is InChI=1S/C11H10BrFN4/c12-9-4-16-17(6-9)5-8-2-1-7(11(14)15)3-10(8)13/h1-4,6H,5H2,(H3,14,15). The Hall–Kier alpha value is -1.69. The van der Waals surface area contributed by atoms with E-state index in [0.29, 0.717) is 17.7 Å². The first-order valence-corrected chi connectivity index (χ1v) is 5.66. The van der Waals surface area contributed by atoms with Crippen LogP contribution in [-0.2, 0) is 6.54 Å². The highest BCUT2D eigenvalue weighted by Crippen LogP contribution is 2.13. The van der Waals surface area contributed by atoms with E-state index in [1.807, 2.05) is 0 Å². The molecule has 0 radical (unpaired) electrons. The molecule has 0 aliphatic heterocycles. The Bertz CT molecular complexity index is 564. The maximum absolute atomic E-state index is 13.7. The predicted octanol–water partition coefficient (Wildman–Crippen LogP) is 2.12. The number of nitrogens with one attached hydrogen (secondary N) is 1. The lowest BCUT2D eigenvalue weighted by atomic mass is 10.1. The van der Waals surface area contributed by atoms with Crippen LogP contribution in [0.25, 0.3) is 0 Å². The van der Waals surface area contributed by atoms with Gasteiger partial charge in [0.2, 0.25) is 0 Å². The number of nitrogen functional groups attached to an aromatic ring is 1. The highest BCUT2D eigenvalue weighted by Gasteiger charge is 2.06. The van der Waals surface area contributed by atoms with Crippen LogP contribution >= 0.6 is 15.9 Å². The van der Waals surface area contributed by atoms with Crippen molar-refractivity contribution in [1.82, 2.24) is 9.78 Å². The quantitative estimate of drug-likeness (QED) is 0.673. The Morgan fingerprint density at radius 2 is 2.29 bits per heavy atom. The van der Waals surface area contributed by atoms with E-state index in [9.17, 15) is 4.39 Å². The first-order chi connectivity index (χ1) is 8.06. The summed E-state index contributed by atoms with van der Waals surface area (Å²) in [5, 5.41) is 11.3. The van der Waals surface area contributed by atoms with E-state index in [0.717, 1.165) is 4.47 Å². The number of rotatable bonds is 3. The van der Waals surface area contributed by atoms with Gasteiger partial charge in [0.05, 0.1) is 17.2 Å². The SMILES string of the molecule is N=C(N)c1ccc(Cn2cc(Br)cn2)c(F)c1. The Morgan fingerprint density at radius 3 is 2.82 bits per heavy atom. The summed E-state index contributed by atoms with van der Waals surface area (Å²) in [6, 6.07) is 4.50. The van der Waals surface area contributed by atoms with Gasteiger partial charge in [-0.15, -0.1) is 0 Å². The summed E-state index contributed by atoms with van der Waals surface area (Å²) in [7, 11) is 0. The van der Waals surface area contributed by atoms with Gasteiger partial charge in [0.25, 0.3) is 0 Å². The van der Waals surface area contributed by atoms with Crippen LogP contribution in [0, 0.1) is 11.2 Å². The summed E-state index contributed by atoms with van der Waals surface area (Å²) in [6.07, 6.45) is 3.40. The molecule has 2 aromatic rings. The van der Waals surface area contributed by atoms with Crippen molar-refractivity contribution in [2.45, 2.75) is 6.54 Å². The van der Waals surface area contributed by atoms with Gasteiger partial charge in [0, 0.05) is 17.3 Å². The third kappa shape index (κ3) is 2.71. The molecule has 4 nitrogen and oxygen atoms in total. The van der Waals surface area contributed by atoms with Crippen LogP contribution in [-0.4, -0.2) is 15.6 Å². The van der Waals surface area contributed by atoms with Gasteiger partial charge < -0.3 is 5.73 Å². The number of nitrogens with zero attached hydrogens (tertiary/aromatic N) is 2. The van der Waals surface area contributed by atoms with Crippen LogP contribution in [0.2, 0.25) is 0 Å². The second-order valence-electron chi connectivity index (χ2n) is 3.58. The van der Waals surface area contributed by atoms with Crippen LogP contribution in [0.15, 0.2) is 35.1 Å². The zero-order chi connectivity index (χ0) is 12.4. The number of nitrogens with two attached hydrogens (primary N) is 1. The summed E-state index contributed by atoms with van der Waals surface area (Å²) >= 11 is 3.27. The smallest absolute Gasteiger partial charge is 0.129 e. The molecule has 0 aliphatic carbocycles. The van der Waals surface area contributed by atoms with Gasteiger partial charge in [0.15, 0.2) is 0 Å². The van der Waals surface area contributed by atoms with Crippen molar-refractivity contribution in [2.75, 3.05) is 0 Å². The third-order valence-electron chi connectivity index (χ3n) is 2.30. The first-order valence-electron chi connectivity index (χ1n) is 4.87. The van der Waals surface area contributed by atoms with E-state index in [2.05, 4.69) is 21.0 Å². The Balaban J connectivity index is 2.25. The van der Waals surface area contributed by atoms with Crippen LogP contribution in [0.3, 0.4) is 0 Å². The van der Waals surface area contributed by atoms with Crippen LogP contribution < -0.4 is 5.73 Å². The van der Waals surface area contributed by atoms with Gasteiger partial charge in [0.1, 0.15) is 11.7 Å². The van der Waals surface area contributed by atoms with E-state index >= 15 is 0 Å². The normalized spacial score (nSPS) is 10.5. The van der Waals surface area contributed by atoms with E-state index in [-0.39, 0.29) is 11.7 Å². The maximum Gasteiger partial charge on any atom is 0.129 e. The van der Waals surface area contributed by atoms with Gasteiger partial charge in [-0.25, -0.2) is 4.39 Å². The summed E-state index contributed by atoms with van der Waals surface area (Å²) in [5.74, 6) is -0.526. The van der Waals surface area contributed by atoms with Crippen LogP contribution in [0.5, 0.6) is 0 Å². The summed E-state index contributed by atoms with van der Waals surface area (Å²) in [4.78, 5) is 0. The topological polar surface area (TPSA) is 67.7 Å². The molecule has 88 valence electrons. The lowest BCUT2D eigenvalue weighted by Gasteiger charge is -2.05. The van der Waals surface area contributed by atoms with Gasteiger partial charge in [-0.1, -0.05) is 12.1 Å². The third-order valence-corrected chi connectivity index (χ3v) is 2.71. The largest absolute Gasteiger partial charge is 0.384 e. The second kappa shape index (κ2) is 4.67. The molecule has 0 atom stereocenters. The maximum atomic E-state index is 13.7. The molecule has 1 aromatic carbocycles. The molecule has 2 rings (SSSR count). The van der Waals surface area contributed by atoms with Crippen LogP contribution in [0.1, 0.15) is 11.1 Å². The molecule has 0 spiro atoms. The van der Waals surface area contributed by atoms with Crippen molar-refractivity contribution in [1.29, 1.82) is 5.41 Å². The summed E-state index contributed by atoms with van der Waals surface area (Å²) in [6.45, 7) is 0.343. The van der Waals surface area contributed by atoms with Gasteiger partial charge in [-0.3, -0.25) is 10.1 Å². The van der Waals surface area contributed by atoms with Crippen molar-refractivity contribution in [3.8, 4) is 0 Å². The van der Waals surface area contributed by atoms with Gasteiger partial charge >= 0.3 is 0 Å². The monoisotopic (exact) mass is 296 g/mol. The van der Waals surface area contributed by atoms with Gasteiger partial charge in [-0.05, 0) is 22.0 Å². The predicted molar refractivity (Wildman–Crippen MR) is 66.4 cm³/mol. The molecule has 1 aromatic heterocycles. The summed E-state index contributed by atoms with van der Waals surface area (Å²) < 4.78 is 16.2. The van der Waals surface area contributed by atoms with Crippen molar-refractivity contribution in [3.05, 3.63) is 52.0 Å². The first kappa shape index (κ1) is 11.8. The van der Waals surface area contributed by atoms with Crippen molar-refractivity contribution in [2.24, 2.45) is 5.73 Å². The zero-order valence-electron chi connectivity index (χ0n) is 8.82. The fourth-order valence-electron chi connectivity index (χ4n) is 1.44. The molecule has 0 bridgehead atoms. The molecule has 0 aliphatic rings. The Morgan fingerprint density at radius 1 is 1.53 bits per heavy atom. The molecule has 0 unspecified atom stereocenters. The fraction of sp³-hybridized carbons (Fsp3) is 0.0909. The molecular formula is C11H10BrFN4. The minimum atomic E-state index is -0.385. The van der Waals surface area contributed by atoms with Crippen LogP contribution in [0.4, 0.5) is 4.39 Å². The number of hydrogen-bond donors (Lipinski definition) is 2. The highest BCUT2D eigenvalue weighted by atomic mass is 79.9. The molecule has 17 heavy (non-hydrogen) atoms. The molecule has 0 fully saturated rings. The van der Waals surface area contributed by atoms with Crippen molar-refractivity contribution >= 4 is 21.8 Å². The van der Waals surface area contributed by atoms with Gasteiger partial charge in [-0.2, -0.15) is 5.10 Å². The number of halogens is 2. The van der Waals surface area contributed by atoms with Crippen molar-refractivity contribution < 1.29 is 4.39 Å². The average Bonchev–Trinajstić information content (AvgIpc) is 2.67. The molecule has 3 N–H and O–H groups in total. The number of hydrogen-bond acceptors (Lipinski definition) is 2. The lowest BCUT2D eigenvalue weighted by molar-refractivity contribution is 0.585. The number of amidine groups is 1. The highest BCUT2D eigenvalue weighted by molar-refractivity contribution is 9.10. The minimum Gasteiger partial charge on any atom is -0.384 e. The van der Waals surface area contributed by atoms with Crippen molar-refractivity contribution in [3.63, 3.8) is 0 Å². The molecule has 0 saturated heterocycles. The molecule has 0 amide bonds. The van der Waals surface area contributed by atoms with E-state index in [1.165, 1.54) is 6.07 Å². The number of benzene rings is 1.